The molecule has 3 nitrogen and oxygen atoms in total. The van der Waals surface area contributed by atoms with Crippen LogP contribution in [-0.2, 0) is 11.3 Å². The second-order valence-electron chi connectivity index (χ2n) is 5.33. The first-order valence-corrected chi connectivity index (χ1v) is 7.89. The highest BCUT2D eigenvalue weighted by molar-refractivity contribution is 5.79. The molecule has 0 aliphatic carbocycles. The number of aliphatic hydroxyl groups excluding tert-OH is 1. The maximum atomic E-state index is 8.94. The van der Waals surface area contributed by atoms with Crippen molar-refractivity contribution in [2.24, 2.45) is 0 Å². The Kier molecular flexibility index (Phi) is 6.94. The third-order valence-electron chi connectivity index (χ3n) is 3.72. The molecule has 1 heterocycles. The zero-order valence-electron chi connectivity index (χ0n) is 13.0. The van der Waals surface area contributed by atoms with Crippen molar-refractivity contribution in [3.8, 4) is 0 Å². The predicted molar refractivity (Wildman–Crippen MR) is 92.0 cm³/mol. The lowest BCUT2D eigenvalue weighted by atomic mass is 10.2. The summed E-state index contributed by atoms with van der Waals surface area (Å²) < 4.78 is 7.71. The number of para-hydroxylation sites is 1. The van der Waals surface area contributed by atoms with Crippen LogP contribution in [0.15, 0.2) is 61.3 Å². The fourth-order valence-electron chi connectivity index (χ4n) is 2.44. The molecule has 22 heavy (non-hydrogen) atoms. The molecule has 1 atom stereocenters. The number of hydrogen-bond donors (Lipinski definition) is 1. The maximum absolute atomic E-state index is 8.94. The zero-order valence-corrected chi connectivity index (χ0v) is 13.0. The van der Waals surface area contributed by atoms with Crippen molar-refractivity contribution in [3.63, 3.8) is 0 Å². The first-order chi connectivity index (χ1) is 10.8. The summed E-state index contributed by atoms with van der Waals surface area (Å²) in [5.74, 6) is 0. The molecule has 0 aliphatic heterocycles. The number of aryl methyl sites for hydroxylation is 1. The number of nitrogens with zero attached hydrogens (tertiary/aromatic N) is 1. The van der Waals surface area contributed by atoms with Crippen LogP contribution in [0.25, 0.3) is 10.9 Å². The summed E-state index contributed by atoms with van der Waals surface area (Å²) in [5, 5.41) is 10.2. The molecular formula is C19H25NO2. The predicted octanol–water partition coefficient (Wildman–Crippen LogP) is 3.93. The third kappa shape index (κ3) is 4.86. The van der Waals surface area contributed by atoms with Crippen LogP contribution >= 0.6 is 0 Å². The largest absolute Gasteiger partial charge is 0.393 e. The smallest absolute Gasteiger partial charge is 0.0988 e. The molecular weight excluding hydrogens is 274 g/mol. The van der Waals surface area contributed by atoms with E-state index in [0.717, 1.165) is 25.8 Å². The summed E-state index contributed by atoms with van der Waals surface area (Å²) in [5.41, 5.74) is 1.31. The first kappa shape index (κ1) is 16.5. The zero-order chi connectivity index (χ0) is 15.6. The van der Waals surface area contributed by atoms with Crippen LogP contribution in [0.4, 0.5) is 0 Å². The van der Waals surface area contributed by atoms with E-state index in [0.29, 0.717) is 6.61 Å². The van der Waals surface area contributed by atoms with Crippen molar-refractivity contribution in [1.82, 2.24) is 4.57 Å². The lowest BCUT2D eigenvalue weighted by Crippen LogP contribution is -2.14. The number of aliphatic hydroxyl groups is 1. The summed E-state index contributed by atoms with van der Waals surface area (Å²) in [4.78, 5) is 0. The van der Waals surface area contributed by atoms with Gasteiger partial charge in [-0.05, 0) is 36.8 Å². The Morgan fingerprint density at radius 1 is 1.18 bits per heavy atom. The molecule has 0 radical (unpaired) electrons. The molecule has 1 aromatic carbocycles. The molecule has 2 rings (SSSR count). The van der Waals surface area contributed by atoms with E-state index in [1.165, 1.54) is 10.9 Å². The molecule has 0 amide bonds. The molecule has 0 saturated carbocycles. The lowest BCUT2D eigenvalue weighted by molar-refractivity contribution is 0.0601. The molecule has 0 saturated heterocycles. The summed E-state index contributed by atoms with van der Waals surface area (Å²) >= 11 is 0. The van der Waals surface area contributed by atoms with Crippen LogP contribution in [0.5, 0.6) is 0 Å². The van der Waals surface area contributed by atoms with Gasteiger partial charge in [-0.25, -0.2) is 0 Å². The number of aromatic nitrogens is 1. The Hall–Kier alpha value is -1.84. The number of allylic oxidation sites excluding steroid dienone is 1. The van der Waals surface area contributed by atoms with E-state index >= 15 is 0 Å². The summed E-state index contributed by atoms with van der Waals surface area (Å²) in [6, 6.07) is 10.7. The fourth-order valence-corrected chi connectivity index (χ4v) is 2.44. The Morgan fingerprint density at radius 2 is 2.05 bits per heavy atom. The van der Waals surface area contributed by atoms with Gasteiger partial charge in [0.15, 0.2) is 0 Å². The van der Waals surface area contributed by atoms with Crippen LogP contribution in [0.2, 0.25) is 0 Å². The molecule has 1 N–H and O–H groups in total. The average Bonchev–Trinajstić information content (AvgIpc) is 2.97. The molecule has 0 spiro atoms. The van der Waals surface area contributed by atoms with Gasteiger partial charge in [0.2, 0.25) is 0 Å². The summed E-state index contributed by atoms with van der Waals surface area (Å²) in [7, 11) is 0. The molecule has 1 aromatic heterocycles. The van der Waals surface area contributed by atoms with E-state index in [9.17, 15) is 0 Å². The van der Waals surface area contributed by atoms with Crippen molar-refractivity contribution in [2.45, 2.75) is 31.9 Å². The van der Waals surface area contributed by atoms with Gasteiger partial charge >= 0.3 is 0 Å². The average molecular weight is 299 g/mol. The van der Waals surface area contributed by atoms with Crippen LogP contribution in [0.3, 0.4) is 0 Å². The van der Waals surface area contributed by atoms with Gasteiger partial charge in [0, 0.05) is 18.3 Å². The molecule has 0 bridgehead atoms. The van der Waals surface area contributed by atoms with E-state index in [1.807, 2.05) is 6.08 Å². The number of hydrogen-bond acceptors (Lipinski definition) is 2. The van der Waals surface area contributed by atoms with Crippen molar-refractivity contribution in [2.75, 3.05) is 13.2 Å². The van der Waals surface area contributed by atoms with Crippen molar-refractivity contribution in [3.05, 3.63) is 61.3 Å². The minimum atomic E-state index is -0.258. The van der Waals surface area contributed by atoms with Gasteiger partial charge in [-0.2, -0.15) is 0 Å². The maximum Gasteiger partial charge on any atom is 0.0988 e. The van der Waals surface area contributed by atoms with Crippen LogP contribution in [0, 0.1) is 0 Å². The highest BCUT2D eigenvalue weighted by atomic mass is 16.5. The second kappa shape index (κ2) is 9.23. The molecule has 2 aromatic rings. The van der Waals surface area contributed by atoms with Crippen LogP contribution in [-0.4, -0.2) is 29.0 Å². The van der Waals surface area contributed by atoms with Crippen LogP contribution < -0.4 is 0 Å². The van der Waals surface area contributed by atoms with Gasteiger partial charge in [0.25, 0.3) is 0 Å². The summed E-state index contributed by atoms with van der Waals surface area (Å²) in [6.07, 6.45) is 11.1. The fraction of sp³-hybridized carbons (Fsp3) is 0.368. The molecule has 0 fully saturated rings. The number of fused-ring (bicyclic) bond motifs is 1. The Bertz CT molecular complexity index is 600. The Morgan fingerprint density at radius 3 is 2.86 bits per heavy atom. The van der Waals surface area contributed by atoms with Gasteiger partial charge in [0.05, 0.1) is 19.3 Å². The standard InChI is InChI=1S/C19H25NO2/c1-2-18(16-21)22-15-9-5-3-4-8-13-20-14-12-17-10-6-7-11-19(17)20/h2,5-7,9-12,14,18,21H,1,3-4,8,13,15-16H2/b9-5+/t18-/m1/s1. The highest BCUT2D eigenvalue weighted by Gasteiger charge is 1.99. The van der Waals surface area contributed by atoms with E-state index < -0.39 is 0 Å². The Balaban J connectivity index is 1.62. The van der Waals surface area contributed by atoms with Crippen molar-refractivity contribution in [1.29, 1.82) is 0 Å². The SMILES string of the molecule is C=C[C@H](CO)OC/C=C/CCCCn1ccc2ccccc21. The Labute approximate surface area is 132 Å². The number of ether oxygens (including phenoxy) is 1. The monoisotopic (exact) mass is 299 g/mol. The van der Waals surface area contributed by atoms with Crippen LogP contribution in [0.1, 0.15) is 19.3 Å². The minimum Gasteiger partial charge on any atom is -0.393 e. The first-order valence-electron chi connectivity index (χ1n) is 7.89. The lowest BCUT2D eigenvalue weighted by Gasteiger charge is -2.07. The highest BCUT2D eigenvalue weighted by Crippen LogP contribution is 2.15. The number of benzene rings is 1. The normalized spacial score (nSPS) is 13.0. The van der Waals surface area contributed by atoms with Gasteiger partial charge in [-0.1, -0.05) is 36.4 Å². The quantitative estimate of drug-likeness (QED) is 0.533. The number of rotatable bonds is 10. The topological polar surface area (TPSA) is 34.4 Å². The second-order valence-corrected chi connectivity index (χ2v) is 5.33. The third-order valence-corrected chi connectivity index (χ3v) is 3.72. The van der Waals surface area contributed by atoms with Gasteiger partial charge in [0.1, 0.15) is 0 Å². The summed E-state index contributed by atoms with van der Waals surface area (Å²) in [6.45, 7) is 5.18. The molecule has 0 unspecified atom stereocenters. The minimum absolute atomic E-state index is 0.0117. The molecule has 3 heteroatoms. The molecule has 118 valence electrons. The van der Waals surface area contributed by atoms with E-state index in [1.54, 1.807) is 6.08 Å². The number of unbranched alkanes of at least 4 members (excludes halogenated alkanes) is 2. The van der Waals surface area contributed by atoms with E-state index in [4.69, 9.17) is 9.84 Å². The van der Waals surface area contributed by atoms with E-state index in [2.05, 4.69) is 53.8 Å². The van der Waals surface area contributed by atoms with Crippen molar-refractivity contribution >= 4 is 10.9 Å². The van der Waals surface area contributed by atoms with E-state index in [-0.39, 0.29) is 12.7 Å². The van der Waals surface area contributed by atoms with Gasteiger partial charge < -0.3 is 14.4 Å². The van der Waals surface area contributed by atoms with Gasteiger partial charge in [-0.15, -0.1) is 6.58 Å². The van der Waals surface area contributed by atoms with Crippen molar-refractivity contribution < 1.29 is 9.84 Å². The molecule has 0 aliphatic rings. The van der Waals surface area contributed by atoms with Gasteiger partial charge in [-0.3, -0.25) is 0 Å².